The average molecular weight is 374 g/mol. The maximum Gasteiger partial charge on any atom is 0.232 e. The zero-order valence-corrected chi connectivity index (χ0v) is 15.5. The van der Waals surface area contributed by atoms with E-state index in [2.05, 4.69) is 4.98 Å². The number of ether oxygens (including phenoxy) is 1. The summed E-state index contributed by atoms with van der Waals surface area (Å²) in [4.78, 5) is 4.03. The van der Waals surface area contributed by atoms with Crippen molar-refractivity contribution in [3.05, 3.63) is 71.3 Å². The van der Waals surface area contributed by atoms with Crippen molar-refractivity contribution in [2.45, 2.75) is 24.8 Å². The van der Waals surface area contributed by atoms with E-state index >= 15 is 0 Å². The smallest absolute Gasteiger partial charge is 0.232 e. The van der Waals surface area contributed by atoms with Crippen LogP contribution in [0, 0.1) is 19.7 Å². The van der Waals surface area contributed by atoms with Gasteiger partial charge in [0, 0.05) is 23.6 Å². The summed E-state index contributed by atoms with van der Waals surface area (Å²) < 4.78 is 46.1. The molecule has 136 valence electrons. The van der Waals surface area contributed by atoms with E-state index in [1.807, 2.05) is 32.0 Å². The quantitative estimate of drug-likeness (QED) is 0.684. The molecule has 0 radical (unpaired) electrons. The highest BCUT2D eigenvalue weighted by molar-refractivity contribution is 7.90. The van der Waals surface area contributed by atoms with Crippen molar-refractivity contribution in [1.29, 1.82) is 0 Å². The molecular formula is C19H19FN2O3S. The third-order valence-electron chi connectivity index (χ3n) is 4.24. The van der Waals surface area contributed by atoms with Crippen molar-refractivity contribution in [2.75, 3.05) is 7.11 Å². The highest BCUT2D eigenvalue weighted by atomic mass is 32.2. The summed E-state index contributed by atoms with van der Waals surface area (Å²) in [6, 6.07) is 9.47. The lowest BCUT2D eigenvalue weighted by atomic mass is 10.1. The number of sulfone groups is 1. The van der Waals surface area contributed by atoms with Crippen molar-refractivity contribution < 1.29 is 17.5 Å². The predicted octanol–water partition coefficient (Wildman–Crippen LogP) is 3.61. The van der Waals surface area contributed by atoms with E-state index in [9.17, 15) is 12.8 Å². The number of nitrogens with zero attached hydrogens (tertiary/aromatic N) is 2. The second kappa shape index (κ2) is 6.92. The number of hydrogen-bond donors (Lipinski definition) is 0. The monoisotopic (exact) mass is 374 g/mol. The first kappa shape index (κ1) is 18.1. The van der Waals surface area contributed by atoms with Crippen LogP contribution >= 0.6 is 0 Å². The van der Waals surface area contributed by atoms with Crippen LogP contribution in [0.15, 0.2) is 53.9 Å². The minimum atomic E-state index is -3.82. The number of rotatable bonds is 5. The minimum absolute atomic E-state index is 0.0907. The summed E-state index contributed by atoms with van der Waals surface area (Å²) in [5.41, 5.74) is 3.12. The third kappa shape index (κ3) is 3.48. The molecule has 0 spiro atoms. The highest BCUT2D eigenvalue weighted by Crippen LogP contribution is 2.26. The number of hydrogen-bond acceptors (Lipinski definition) is 4. The fourth-order valence-electron chi connectivity index (χ4n) is 2.72. The molecule has 2 aromatic carbocycles. The lowest BCUT2D eigenvalue weighted by molar-refractivity contribution is 0.409. The molecule has 0 amide bonds. The van der Waals surface area contributed by atoms with Crippen LogP contribution < -0.4 is 4.74 Å². The molecule has 0 N–H and O–H groups in total. The Morgan fingerprint density at radius 1 is 1.12 bits per heavy atom. The van der Waals surface area contributed by atoms with Crippen LogP contribution in [0.5, 0.6) is 5.75 Å². The van der Waals surface area contributed by atoms with Crippen LogP contribution in [-0.4, -0.2) is 25.1 Å². The molecular weight excluding hydrogens is 355 g/mol. The molecule has 0 atom stereocenters. The normalized spacial score (nSPS) is 11.5. The maximum atomic E-state index is 13.6. The molecule has 0 aliphatic heterocycles. The lowest BCUT2D eigenvalue weighted by Gasteiger charge is -2.12. The van der Waals surface area contributed by atoms with Gasteiger partial charge in [0.05, 0.1) is 12.9 Å². The van der Waals surface area contributed by atoms with Gasteiger partial charge in [0.15, 0.2) is 0 Å². The average Bonchev–Trinajstić information content (AvgIpc) is 3.08. The molecule has 0 fully saturated rings. The van der Waals surface area contributed by atoms with E-state index in [-0.39, 0.29) is 10.7 Å². The fraction of sp³-hybridized carbons (Fsp3) is 0.211. The van der Waals surface area contributed by atoms with Crippen molar-refractivity contribution >= 4 is 9.84 Å². The van der Waals surface area contributed by atoms with Crippen LogP contribution in [0.25, 0.3) is 5.69 Å². The SMILES string of the molecule is COc1ccc(F)cc1CS(=O)(=O)c1nccn1-c1ccc(C)c(C)c1. The largest absolute Gasteiger partial charge is 0.496 e. The first-order valence-electron chi connectivity index (χ1n) is 7.98. The Morgan fingerprint density at radius 2 is 1.88 bits per heavy atom. The molecule has 1 heterocycles. The maximum absolute atomic E-state index is 13.6. The summed E-state index contributed by atoms with van der Waals surface area (Å²) in [5.74, 6) is -0.608. The first-order chi connectivity index (χ1) is 12.3. The van der Waals surface area contributed by atoms with E-state index in [0.29, 0.717) is 11.4 Å². The lowest BCUT2D eigenvalue weighted by Crippen LogP contribution is -2.13. The molecule has 3 aromatic rings. The van der Waals surface area contributed by atoms with Gasteiger partial charge in [-0.15, -0.1) is 0 Å². The highest BCUT2D eigenvalue weighted by Gasteiger charge is 2.24. The molecule has 7 heteroatoms. The standard InChI is InChI=1S/C19H19FN2O3S/c1-13-4-6-17(10-14(13)2)22-9-8-21-19(22)26(23,24)12-15-11-16(20)5-7-18(15)25-3/h4-11H,12H2,1-3H3. The second-order valence-electron chi connectivity index (χ2n) is 6.06. The predicted molar refractivity (Wildman–Crippen MR) is 96.9 cm³/mol. The Kier molecular flexibility index (Phi) is 4.82. The van der Waals surface area contributed by atoms with E-state index in [4.69, 9.17) is 4.74 Å². The van der Waals surface area contributed by atoms with Gasteiger partial charge in [0.25, 0.3) is 0 Å². The molecule has 5 nitrogen and oxygen atoms in total. The Hall–Kier alpha value is -2.67. The summed E-state index contributed by atoms with van der Waals surface area (Å²) in [6.07, 6.45) is 3.03. The number of imidazole rings is 1. The fourth-order valence-corrected chi connectivity index (χ4v) is 4.17. The second-order valence-corrected chi connectivity index (χ2v) is 7.95. The van der Waals surface area contributed by atoms with Gasteiger partial charge in [-0.3, -0.25) is 4.57 Å². The number of benzene rings is 2. The summed E-state index contributed by atoms with van der Waals surface area (Å²) in [6.45, 7) is 3.95. The summed E-state index contributed by atoms with van der Waals surface area (Å²) >= 11 is 0. The van der Waals surface area contributed by atoms with Crippen molar-refractivity contribution in [3.8, 4) is 11.4 Å². The van der Waals surface area contributed by atoms with Crippen molar-refractivity contribution in [3.63, 3.8) is 0 Å². The zero-order chi connectivity index (χ0) is 18.9. The Morgan fingerprint density at radius 3 is 2.58 bits per heavy atom. The van der Waals surface area contributed by atoms with Gasteiger partial charge in [-0.05, 0) is 55.3 Å². The van der Waals surface area contributed by atoms with Gasteiger partial charge >= 0.3 is 0 Å². The van der Waals surface area contributed by atoms with Gasteiger partial charge in [0.1, 0.15) is 11.6 Å². The van der Waals surface area contributed by atoms with Crippen molar-refractivity contribution in [2.24, 2.45) is 0 Å². The van der Waals surface area contributed by atoms with Crippen LogP contribution in [0.2, 0.25) is 0 Å². The Bertz CT molecular complexity index is 1060. The molecule has 3 rings (SSSR count). The Labute approximate surface area is 152 Å². The van der Waals surface area contributed by atoms with Crippen LogP contribution in [0.3, 0.4) is 0 Å². The number of methoxy groups -OCH3 is 1. The summed E-state index contributed by atoms with van der Waals surface area (Å²) in [5, 5.41) is -0.0907. The molecule has 0 unspecified atom stereocenters. The topological polar surface area (TPSA) is 61.2 Å². The molecule has 0 saturated heterocycles. The summed E-state index contributed by atoms with van der Waals surface area (Å²) in [7, 11) is -2.40. The Balaban J connectivity index is 2.03. The van der Waals surface area contributed by atoms with Gasteiger partial charge in [-0.1, -0.05) is 6.07 Å². The zero-order valence-electron chi connectivity index (χ0n) is 14.7. The molecule has 0 bridgehead atoms. The van der Waals surface area contributed by atoms with Crippen LogP contribution in [0.1, 0.15) is 16.7 Å². The van der Waals surface area contributed by atoms with Gasteiger partial charge in [-0.2, -0.15) is 0 Å². The minimum Gasteiger partial charge on any atom is -0.496 e. The molecule has 26 heavy (non-hydrogen) atoms. The van der Waals surface area contributed by atoms with Crippen LogP contribution in [-0.2, 0) is 15.6 Å². The molecule has 0 saturated carbocycles. The third-order valence-corrected chi connectivity index (χ3v) is 5.79. The number of halogens is 1. The van der Waals surface area contributed by atoms with Gasteiger partial charge in [-0.25, -0.2) is 17.8 Å². The molecule has 0 aliphatic carbocycles. The number of aromatic nitrogens is 2. The first-order valence-corrected chi connectivity index (χ1v) is 9.63. The molecule has 0 aliphatic rings. The van der Waals surface area contributed by atoms with Gasteiger partial charge < -0.3 is 4.74 Å². The van der Waals surface area contributed by atoms with Crippen molar-refractivity contribution in [1.82, 2.24) is 9.55 Å². The van der Waals surface area contributed by atoms with E-state index in [0.717, 1.165) is 11.1 Å². The van der Waals surface area contributed by atoms with E-state index in [1.54, 1.807) is 6.20 Å². The van der Waals surface area contributed by atoms with E-state index < -0.39 is 21.4 Å². The van der Waals surface area contributed by atoms with Gasteiger partial charge in [0.2, 0.25) is 15.0 Å². The van der Waals surface area contributed by atoms with E-state index in [1.165, 1.54) is 36.1 Å². The van der Waals surface area contributed by atoms with Crippen LogP contribution in [0.4, 0.5) is 4.39 Å². The number of aryl methyl sites for hydroxylation is 2. The molecule has 1 aromatic heterocycles.